The maximum Gasteiger partial charge on any atom is 0.257 e. The molecule has 0 radical (unpaired) electrons. The van der Waals surface area contributed by atoms with Crippen LogP contribution < -0.4 is 0 Å². The molecule has 3 heterocycles. The molecule has 172 valence electrons. The molecule has 2 aromatic heterocycles. The number of nitrogens with zero attached hydrogens (tertiary/aromatic N) is 3. The Bertz CT molecular complexity index is 1250. The summed E-state index contributed by atoms with van der Waals surface area (Å²) in [5.41, 5.74) is 3.61. The Morgan fingerprint density at radius 2 is 2.06 bits per heavy atom. The number of oxazole rings is 1. The van der Waals surface area contributed by atoms with E-state index in [-0.39, 0.29) is 22.5 Å². The average molecular weight is 478 g/mol. The van der Waals surface area contributed by atoms with Crippen LogP contribution in [0.2, 0.25) is 0 Å². The molecule has 1 fully saturated rings. The summed E-state index contributed by atoms with van der Waals surface area (Å²) in [6.45, 7) is 5.54. The number of rotatable bonds is 8. The lowest BCUT2D eigenvalue weighted by molar-refractivity contribution is 0.0957. The van der Waals surface area contributed by atoms with Crippen LogP contribution in [-0.4, -0.2) is 60.6 Å². The van der Waals surface area contributed by atoms with Crippen LogP contribution in [0.15, 0.2) is 38.8 Å². The van der Waals surface area contributed by atoms with Crippen molar-refractivity contribution in [2.75, 3.05) is 26.5 Å². The smallest absolute Gasteiger partial charge is 0.257 e. The number of hydrogen-bond acceptors (Lipinski definition) is 7. The van der Waals surface area contributed by atoms with Crippen LogP contribution in [0.25, 0.3) is 11.1 Å². The first-order valence-electron chi connectivity index (χ1n) is 10.4. The van der Waals surface area contributed by atoms with Gasteiger partial charge in [-0.3, -0.25) is 4.79 Å². The molecule has 1 aliphatic heterocycles. The lowest BCUT2D eigenvalue weighted by atomic mass is 10.2. The van der Waals surface area contributed by atoms with Gasteiger partial charge in [0.25, 0.3) is 5.22 Å². The summed E-state index contributed by atoms with van der Waals surface area (Å²) in [4.78, 5) is 17.4. The molecule has 1 aromatic carbocycles. The number of carbonyl (C=O) groups is 1. The van der Waals surface area contributed by atoms with Crippen LogP contribution in [0.3, 0.4) is 0 Å². The number of Topliss-reactive ketones (excluding diaryl/α,β-unsaturated/α-hetero) is 1. The molecule has 0 saturated carbocycles. The van der Waals surface area contributed by atoms with Crippen molar-refractivity contribution in [1.29, 1.82) is 0 Å². The van der Waals surface area contributed by atoms with Crippen molar-refractivity contribution in [3.63, 3.8) is 0 Å². The SMILES string of the molecule is Cc1cc(C(=O)CSc2nc3cc(S(=O)(=O)N(C)C)ccc3o2)c(C)n1C[C@@H]1CCCO1. The number of ether oxygens (including phenoxy) is 1. The van der Waals surface area contributed by atoms with E-state index >= 15 is 0 Å². The molecule has 0 bridgehead atoms. The molecule has 0 unspecified atom stereocenters. The van der Waals surface area contributed by atoms with Gasteiger partial charge in [-0.2, -0.15) is 0 Å². The van der Waals surface area contributed by atoms with Gasteiger partial charge in [0.1, 0.15) is 5.52 Å². The first-order valence-corrected chi connectivity index (χ1v) is 12.9. The molecule has 1 atom stereocenters. The predicted molar refractivity (Wildman–Crippen MR) is 123 cm³/mol. The normalized spacial score (nSPS) is 17.0. The topological polar surface area (TPSA) is 94.6 Å². The van der Waals surface area contributed by atoms with Gasteiger partial charge in [-0.05, 0) is 51.0 Å². The Labute approximate surface area is 192 Å². The highest BCUT2D eigenvalue weighted by molar-refractivity contribution is 7.99. The fourth-order valence-electron chi connectivity index (χ4n) is 3.88. The Balaban J connectivity index is 1.47. The van der Waals surface area contributed by atoms with Gasteiger partial charge in [0.15, 0.2) is 11.4 Å². The summed E-state index contributed by atoms with van der Waals surface area (Å²) in [5, 5.41) is 0.334. The van der Waals surface area contributed by atoms with Crippen molar-refractivity contribution in [3.05, 3.63) is 41.2 Å². The summed E-state index contributed by atoms with van der Waals surface area (Å²) >= 11 is 1.20. The van der Waals surface area contributed by atoms with E-state index < -0.39 is 10.0 Å². The molecule has 0 amide bonds. The lowest BCUT2D eigenvalue weighted by Gasteiger charge is -2.14. The van der Waals surface area contributed by atoms with Crippen molar-refractivity contribution in [2.45, 2.75) is 49.5 Å². The highest BCUT2D eigenvalue weighted by Crippen LogP contribution is 2.28. The monoisotopic (exact) mass is 477 g/mol. The molecule has 3 aromatic rings. The number of sulfonamides is 1. The molecular weight excluding hydrogens is 450 g/mol. The van der Waals surface area contributed by atoms with Crippen LogP contribution in [0.5, 0.6) is 0 Å². The number of aryl methyl sites for hydroxylation is 1. The third-order valence-electron chi connectivity index (χ3n) is 5.73. The van der Waals surface area contributed by atoms with E-state index in [1.54, 1.807) is 6.07 Å². The number of benzene rings is 1. The van der Waals surface area contributed by atoms with E-state index in [0.29, 0.717) is 21.9 Å². The quantitative estimate of drug-likeness (QED) is 0.361. The van der Waals surface area contributed by atoms with Gasteiger partial charge >= 0.3 is 0 Å². The number of carbonyl (C=O) groups excluding carboxylic acids is 1. The van der Waals surface area contributed by atoms with E-state index in [2.05, 4.69) is 9.55 Å². The molecule has 1 saturated heterocycles. The van der Waals surface area contributed by atoms with Crippen LogP contribution in [0.1, 0.15) is 34.6 Å². The summed E-state index contributed by atoms with van der Waals surface area (Å²) in [5.74, 6) is 0.180. The Kier molecular flexibility index (Phi) is 6.49. The van der Waals surface area contributed by atoms with E-state index in [1.165, 1.54) is 38.0 Å². The van der Waals surface area contributed by atoms with Crippen LogP contribution in [-0.2, 0) is 21.3 Å². The van der Waals surface area contributed by atoms with E-state index in [0.717, 1.165) is 41.7 Å². The van der Waals surface area contributed by atoms with Gasteiger partial charge in [-0.25, -0.2) is 17.7 Å². The van der Waals surface area contributed by atoms with Gasteiger partial charge in [-0.15, -0.1) is 0 Å². The summed E-state index contributed by atoms with van der Waals surface area (Å²) < 4.78 is 39.4. The number of fused-ring (bicyclic) bond motifs is 1. The molecule has 8 nitrogen and oxygen atoms in total. The highest BCUT2D eigenvalue weighted by atomic mass is 32.2. The van der Waals surface area contributed by atoms with E-state index in [1.807, 2.05) is 19.9 Å². The molecule has 4 rings (SSSR count). The first kappa shape index (κ1) is 23.0. The maximum atomic E-state index is 12.9. The average Bonchev–Trinajstić information content (AvgIpc) is 3.47. The van der Waals surface area contributed by atoms with Gasteiger partial charge < -0.3 is 13.7 Å². The van der Waals surface area contributed by atoms with E-state index in [4.69, 9.17) is 9.15 Å². The predicted octanol–water partition coefficient (Wildman–Crippen LogP) is 3.65. The minimum absolute atomic E-state index is 0.000166. The van der Waals surface area contributed by atoms with Gasteiger partial charge in [0, 0.05) is 44.2 Å². The van der Waals surface area contributed by atoms with Crippen LogP contribution >= 0.6 is 11.8 Å². The van der Waals surface area contributed by atoms with Crippen molar-refractivity contribution < 1.29 is 22.4 Å². The molecule has 1 aliphatic rings. The fourth-order valence-corrected chi connectivity index (χ4v) is 5.52. The van der Waals surface area contributed by atoms with Crippen LogP contribution in [0.4, 0.5) is 0 Å². The molecule has 0 aliphatic carbocycles. The van der Waals surface area contributed by atoms with Crippen LogP contribution in [0, 0.1) is 13.8 Å². The third kappa shape index (κ3) is 4.50. The molecule has 32 heavy (non-hydrogen) atoms. The molecule has 0 N–H and O–H groups in total. The second-order valence-corrected chi connectivity index (χ2v) is 11.2. The first-order chi connectivity index (χ1) is 15.2. The number of thioether (sulfide) groups is 1. The second-order valence-electron chi connectivity index (χ2n) is 8.14. The lowest BCUT2D eigenvalue weighted by Crippen LogP contribution is -2.22. The number of hydrogen-bond donors (Lipinski definition) is 0. The van der Waals surface area contributed by atoms with Gasteiger partial charge in [0.2, 0.25) is 10.0 Å². The van der Waals surface area contributed by atoms with Crippen molar-refractivity contribution in [3.8, 4) is 0 Å². The fraction of sp³-hybridized carbons (Fsp3) is 0.455. The van der Waals surface area contributed by atoms with Crippen molar-refractivity contribution >= 4 is 38.7 Å². The zero-order valence-corrected chi connectivity index (χ0v) is 20.3. The zero-order valence-electron chi connectivity index (χ0n) is 18.6. The summed E-state index contributed by atoms with van der Waals surface area (Å²) in [6.07, 6.45) is 2.34. The molecular formula is C22H27N3O5S2. The standard InChI is InChI=1S/C22H27N3O5S2/c1-14-10-18(15(2)25(14)12-16-6-5-9-29-16)20(26)13-31-22-23-19-11-17(7-8-21(19)30-22)32(27,28)24(3)4/h7-8,10-11,16H,5-6,9,12-13H2,1-4H3/t16-/m0/s1. The maximum absolute atomic E-state index is 12.9. The largest absolute Gasteiger partial charge is 0.431 e. The third-order valence-corrected chi connectivity index (χ3v) is 8.37. The van der Waals surface area contributed by atoms with E-state index in [9.17, 15) is 13.2 Å². The Morgan fingerprint density at radius 3 is 2.75 bits per heavy atom. The minimum atomic E-state index is -3.56. The van der Waals surface area contributed by atoms with Crippen molar-refractivity contribution in [2.24, 2.45) is 0 Å². The Morgan fingerprint density at radius 1 is 1.28 bits per heavy atom. The van der Waals surface area contributed by atoms with Gasteiger partial charge in [-0.1, -0.05) is 11.8 Å². The molecule has 10 heteroatoms. The summed E-state index contributed by atoms with van der Waals surface area (Å²) in [6, 6.07) is 6.49. The minimum Gasteiger partial charge on any atom is -0.431 e. The second kappa shape index (κ2) is 9.01. The number of ketones is 1. The molecule has 0 spiro atoms. The Hall–Kier alpha value is -2.14. The highest BCUT2D eigenvalue weighted by Gasteiger charge is 2.22. The summed E-state index contributed by atoms with van der Waals surface area (Å²) in [7, 11) is -0.598. The van der Waals surface area contributed by atoms with Crippen molar-refractivity contribution in [1.82, 2.24) is 13.9 Å². The zero-order chi connectivity index (χ0) is 23.0. The number of aromatic nitrogens is 2. The van der Waals surface area contributed by atoms with Gasteiger partial charge in [0.05, 0.1) is 16.8 Å².